The van der Waals surface area contributed by atoms with Crippen LogP contribution in [0.1, 0.15) is 38.2 Å². The predicted octanol–water partition coefficient (Wildman–Crippen LogP) is 3.82. The molecule has 1 aromatic carbocycles. The van der Waals surface area contributed by atoms with E-state index in [2.05, 4.69) is 12.2 Å². The van der Waals surface area contributed by atoms with E-state index in [0.717, 1.165) is 25.7 Å². The van der Waals surface area contributed by atoms with Gasteiger partial charge in [-0.3, -0.25) is 4.79 Å². The number of fused-ring (bicyclic) bond motifs is 2. The number of carbonyl (C=O) groups is 2. The first-order valence-corrected chi connectivity index (χ1v) is 9.19. The van der Waals surface area contributed by atoms with Crippen molar-refractivity contribution in [3.05, 3.63) is 40.3 Å². The zero-order valence-electron chi connectivity index (χ0n) is 13.2. The van der Waals surface area contributed by atoms with Crippen LogP contribution in [-0.2, 0) is 11.2 Å². The highest BCUT2D eigenvalue weighted by atomic mass is 32.2. The van der Waals surface area contributed by atoms with Crippen LogP contribution in [-0.4, -0.2) is 17.3 Å². The van der Waals surface area contributed by atoms with Gasteiger partial charge in [-0.05, 0) is 60.3 Å². The molecule has 2 atom stereocenters. The molecule has 3 aliphatic rings. The molecule has 5 heteroatoms. The minimum absolute atomic E-state index is 0.0672. The molecule has 0 saturated carbocycles. The number of urea groups is 1. The summed E-state index contributed by atoms with van der Waals surface area (Å²) in [5.41, 5.74) is 3.13. The number of nitrogens with zero attached hydrogens (tertiary/aromatic N) is 1. The van der Waals surface area contributed by atoms with Crippen LogP contribution in [0, 0.1) is 5.92 Å². The summed E-state index contributed by atoms with van der Waals surface area (Å²) >= 11 is 1.69. The largest absolute Gasteiger partial charge is 0.329 e. The smallest absolute Gasteiger partial charge is 0.324 e. The monoisotopic (exact) mass is 328 g/mol. The van der Waals surface area contributed by atoms with Gasteiger partial charge < -0.3 is 5.32 Å². The molecular weight excluding hydrogens is 308 g/mol. The van der Waals surface area contributed by atoms with Crippen LogP contribution in [0.15, 0.2) is 34.7 Å². The molecular formula is C18H20N2O2S. The number of allylic oxidation sites excluding steroid dienone is 1. The third-order valence-electron chi connectivity index (χ3n) is 4.96. The lowest BCUT2D eigenvalue weighted by Gasteiger charge is -2.34. The maximum atomic E-state index is 13.0. The molecule has 1 saturated heterocycles. The lowest BCUT2D eigenvalue weighted by Crippen LogP contribution is -2.58. The quantitative estimate of drug-likeness (QED) is 0.898. The molecule has 0 radical (unpaired) electrons. The number of benzene rings is 1. The van der Waals surface area contributed by atoms with Gasteiger partial charge in [-0.1, -0.05) is 19.1 Å². The molecule has 2 aliphatic heterocycles. The molecule has 3 amide bonds. The van der Waals surface area contributed by atoms with E-state index in [-0.39, 0.29) is 23.2 Å². The van der Waals surface area contributed by atoms with Gasteiger partial charge in [0.15, 0.2) is 0 Å². The fraction of sp³-hybridized carbons (Fsp3) is 0.444. The van der Waals surface area contributed by atoms with Gasteiger partial charge in [0.2, 0.25) is 5.91 Å². The van der Waals surface area contributed by atoms with E-state index < -0.39 is 0 Å². The number of hydrogen-bond acceptors (Lipinski definition) is 3. The molecule has 1 aliphatic carbocycles. The number of amides is 3. The van der Waals surface area contributed by atoms with Crippen molar-refractivity contribution in [3.8, 4) is 0 Å². The maximum Gasteiger partial charge on any atom is 0.329 e. The number of aryl methyl sites for hydroxylation is 1. The summed E-state index contributed by atoms with van der Waals surface area (Å²) in [6.45, 7) is 2.09. The number of hydrogen-bond donors (Lipinski definition) is 1. The maximum absolute atomic E-state index is 13.0. The Bertz CT molecular complexity index is 695. The Morgan fingerprint density at radius 2 is 1.91 bits per heavy atom. The lowest BCUT2D eigenvalue weighted by molar-refractivity contribution is -0.121. The first-order chi connectivity index (χ1) is 11.2. The summed E-state index contributed by atoms with van der Waals surface area (Å²) in [6.07, 6.45) is 5.33. The van der Waals surface area contributed by atoms with Crippen molar-refractivity contribution >= 4 is 29.4 Å². The summed E-state index contributed by atoms with van der Waals surface area (Å²) in [5, 5.41) is 2.92. The van der Waals surface area contributed by atoms with Gasteiger partial charge in [-0.15, -0.1) is 11.8 Å². The Morgan fingerprint density at radius 1 is 1.17 bits per heavy atom. The first kappa shape index (κ1) is 14.8. The molecule has 0 aromatic heterocycles. The first-order valence-electron chi connectivity index (χ1n) is 8.31. The third-order valence-corrected chi connectivity index (χ3v) is 6.36. The molecule has 1 fully saturated rings. The van der Waals surface area contributed by atoms with E-state index in [1.54, 1.807) is 11.8 Å². The van der Waals surface area contributed by atoms with E-state index in [0.29, 0.717) is 5.69 Å². The molecule has 2 heterocycles. The molecule has 1 N–H and O–H groups in total. The average Bonchev–Trinajstić information content (AvgIpc) is 2.93. The van der Waals surface area contributed by atoms with E-state index in [4.69, 9.17) is 0 Å². The van der Waals surface area contributed by atoms with Crippen molar-refractivity contribution in [2.45, 2.75) is 44.4 Å². The highest BCUT2D eigenvalue weighted by Crippen LogP contribution is 2.49. The summed E-state index contributed by atoms with van der Waals surface area (Å²) in [6, 6.07) is 7.41. The summed E-state index contributed by atoms with van der Waals surface area (Å²) in [7, 11) is 0. The number of thioether (sulfide) groups is 1. The fourth-order valence-electron chi connectivity index (χ4n) is 3.71. The molecule has 120 valence electrons. The Kier molecular flexibility index (Phi) is 3.68. The summed E-state index contributed by atoms with van der Waals surface area (Å²) < 4.78 is 0. The van der Waals surface area contributed by atoms with Crippen molar-refractivity contribution in [1.82, 2.24) is 5.32 Å². The van der Waals surface area contributed by atoms with Gasteiger partial charge in [0.1, 0.15) is 0 Å². The van der Waals surface area contributed by atoms with E-state index in [1.807, 2.05) is 24.3 Å². The van der Waals surface area contributed by atoms with E-state index in [9.17, 15) is 9.59 Å². The zero-order chi connectivity index (χ0) is 16.0. The van der Waals surface area contributed by atoms with Crippen LogP contribution in [0.5, 0.6) is 0 Å². The summed E-state index contributed by atoms with van der Waals surface area (Å²) in [4.78, 5) is 28.2. The summed E-state index contributed by atoms with van der Waals surface area (Å²) in [5.74, 6) is -0.249. The minimum atomic E-state index is -0.298. The van der Waals surface area contributed by atoms with Gasteiger partial charge in [-0.25, -0.2) is 9.69 Å². The van der Waals surface area contributed by atoms with Crippen LogP contribution in [0.25, 0.3) is 0 Å². The number of carbonyl (C=O) groups excluding carboxylic acids is 2. The predicted molar refractivity (Wildman–Crippen MR) is 92.2 cm³/mol. The van der Waals surface area contributed by atoms with Crippen molar-refractivity contribution in [3.63, 3.8) is 0 Å². The Labute approximate surface area is 140 Å². The van der Waals surface area contributed by atoms with Crippen molar-refractivity contribution < 1.29 is 9.59 Å². The molecule has 0 bridgehead atoms. The van der Waals surface area contributed by atoms with E-state index >= 15 is 0 Å². The van der Waals surface area contributed by atoms with E-state index in [1.165, 1.54) is 27.4 Å². The van der Waals surface area contributed by atoms with Crippen LogP contribution in [0.3, 0.4) is 0 Å². The van der Waals surface area contributed by atoms with Crippen molar-refractivity contribution in [2.24, 2.45) is 5.92 Å². The Morgan fingerprint density at radius 3 is 2.65 bits per heavy atom. The van der Waals surface area contributed by atoms with Crippen molar-refractivity contribution in [2.75, 3.05) is 4.90 Å². The molecule has 23 heavy (non-hydrogen) atoms. The zero-order valence-corrected chi connectivity index (χ0v) is 14.0. The van der Waals surface area contributed by atoms with Crippen LogP contribution >= 0.6 is 11.8 Å². The number of imide groups is 1. The number of rotatable bonds is 2. The number of anilines is 1. The number of nitrogens with one attached hydrogen (secondary N) is 1. The van der Waals surface area contributed by atoms with Crippen LogP contribution in [0.2, 0.25) is 0 Å². The topological polar surface area (TPSA) is 49.4 Å². The lowest BCUT2D eigenvalue weighted by atomic mass is 9.87. The van der Waals surface area contributed by atoms with Gasteiger partial charge in [-0.2, -0.15) is 0 Å². The van der Waals surface area contributed by atoms with Crippen molar-refractivity contribution in [1.29, 1.82) is 0 Å². The fourth-order valence-corrected chi connectivity index (χ4v) is 5.24. The highest BCUT2D eigenvalue weighted by molar-refractivity contribution is 8.04. The standard InChI is InChI=1S/C18H20N2O2S/c1-2-11-7-9-12(10-8-11)20-17(21)15-13-5-3-4-6-14(13)23-16(15)19-18(20)22/h7-10,15-16H,2-6H2,1H3,(H,19,22)/t15-,16+/m1/s1. The molecule has 4 nitrogen and oxygen atoms in total. The van der Waals surface area contributed by atoms with Gasteiger partial charge >= 0.3 is 6.03 Å². The molecule has 0 spiro atoms. The normalized spacial score (nSPS) is 26.9. The van der Waals surface area contributed by atoms with Gasteiger partial charge in [0.25, 0.3) is 0 Å². The minimum Gasteiger partial charge on any atom is -0.324 e. The second kappa shape index (κ2) is 5.71. The molecule has 0 unspecified atom stereocenters. The Balaban J connectivity index is 1.67. The SMILES string of the molecule is CCc1ccc(N2C(=O)N[C@H]3SC4=C(CCCC4)[C@H]3C2=O)cc1. The average molecular weight is 328 g/mol. The molecule has 1 aromatic rings. The second-order valence-corrected chi connectivity index (χ2v) is 7.55. The Hall–Kier alpha value is -1.75. The van der Waals surface area contributed by atoms with Gasteiger partial charge in [0, 0.05) is 0 Å². The van der Waals surface area contributed by atoms with Crippen LogP contribution in [0.4, 0.5) is 10.5 Å². The van der Waals surface area contributed by atoms with Gasteiger partial charge in [0.05, 0.1) is 17.0 Å². The molecule has 4 rings (SSSR count). The highest BCUT2D eigenvalue weighted by Gasteiger charge is 2.48. The third kappa shape index (κ3) is 2.38. The van der Waals surface area contributed by atoms with Crippen LogP contribution < -0.4 is 10.2 Å². The second-order valence-electron chi connectivity index (χ2n) is 6.31.